The Balaban J connectivity index is 1.63. The third-order valence-electron chi connectivity index (χ3n) is 5.30. The number of aromatic nitrogens is 2. The Labute approximate surface area is 164 Å². The van der Waals surface area contributed by atoms with Gasteiger partial charge in [0, 0.05) is 17.9 Å². The lowest BCUT2D eigenvalue weighted by atomic mass is 9.95. The number of carbonyl (C=O) groups excluding carboxylic acids is 2. The molecule has 1 aliphatic rings. The van der Waals surface area contributed by atoms with E-state index in [-0.39, 0.29) is 29.4 Å². The van der Waals surface area contributed by atoms with Crippen molar-refractivity contribution < 1.29 is 9.59 Å². The highest BCUT2D eigenvalue weighted by Crippen LogP contribution is 2.20. The largest absolute Gasteiger partial charge is 0.347 e. The van der Waals surface area contributed by atoms with Crippen LogP contribution >= 0.6 is 0 Å². The summed E-state index contributed by atoms with van der Waals surface area (Å²) in [6, 6.07) is 13.2. The van der Waals surface area contributed by atoms with Crippen molar-refractivity contribution in [3.8, 4) is 0 Å². The average molecular weight is 376 g/mol. The van der Waals surface area contributed by atoms with Gasteiger partial charge in [-0.15, -0.1) is 0 Å². The normalized spacial score (nSPS) is 14.8. The van der Waals surface area contributed by atoms with Crippen LogP contribution < -0.4 is 10.6 Å². The predicted molar refractivity (Wildman–Crippen MR) is 109 cm³/mol. The second-order valence-corrected chi connectivity index (χ2v) is 7.32. The van der Waals surface area contributed by atoms with Crippen LogP contribution in [0.2, 0.25) is 0 Å². The quantitative estimate of drug-likeness (QED) is 0.724. The third kappa shape index (κ3) is 3.63. The summed E-state index contributed by atoms with van der Waals surface area (Å²) in [6.07, 6.45) is 7.25. The van der Waals surface area contributed by atoms with Gasteiger partial charge in [-0.05, 0) is 43.5 Å². The number of carbonyl (C=O) groups is 2. The molecular weight excluding hydrogens is 352 g/mol. The van der Waals surface area contributed by atoms with Gasteiger partial charge < -0.3 is 10.6 Å². The Morgan fingerprint density at radius 1 is 1.00 bits per heavy atom. The summed E-state index contributed by atoms with van der Waals surface area (Å²) in [6.45, 7) is 1.93. The van der Waals surface area contributed by atoms with Crippen LogP contribution in [0.25, 0.3) is 5.52 Å². The van der Waals surface area contributed by atoms with E-state index in [1.54, 1.807) is 16.7 Å². The van der Waals surface area contributed by atoms with Crippen molar-refractivity contribution in [1.29, 1.82) is 0 Å². The third-order valence-corrected chi connectivity index (χ3v) is 5.30. The lowest BCUT2D eigenvalue weighted by Gasteiger charge is -2.22. The van der Waals surface area contributed by atoms with Gasteiger partial charge in [-0.1, -0.05) is 43.5 Å². The van der Waals surface area contributed by atoms with E-state index in [1.807, 2.05) is 43.3 Å². The van der Waals surface area contributed by atoms with E-state index in [4.69, 9.17) is 0 Å². The van der Waals surface area contributed by atoms with Crippen LogP contribution in [-0.4, -0.2) is 27.2 Å². The highest BCUT2D eigenvalue weighted by atomic mass is 16.2. The minimum absolute atomic E-state index is 0.182. The maximum Gasteiger partial charge on any atom is 0.287 e. The Morgan fingerprint density at radius 3 is 2.54 bits per heavy atom. The standard InChI is InChI=1S/C22H24N4O2/c1-15-9-5-6-12-17(15)24-21(27)19-18-13-7-8-14-26(18)20(25-19)22(28)23-16-10-3-2-4-11-16/h5-9,12-14,16H,2-4,10-11H2,1H3,(H,23,28)(H,24,27). The van der Waals surface area contributed by atoms with E-state index in [0.29, 0.717) is 5.52 Å². The molecule has 1 aromatic carbocycles. The molecule has 2 heterocycles. The maximum atomic E-state index is 12.9. The molecule has 0 unspecified atom stereocenters. The maximum absolute atomic E-state index is 12.9. The molecule has 0 spiro atoms. The molecule has 3 aromatic rings. The number of imidazole rings is 1. The van der Waals surface area contributed by atoms with Gasteiger partial charge >= 0.3 is 0 Å². The number of rotatable bonds is 4. The molecule has 0 bridgehead atoms. The number of amides is 2. The monoisotopic (exact) mass is 376 g/mol. The van der Waals surface area contributed by atoms with Gasteiger partial charge in [0.2, 0.25) is 5.82 Å². The van der Waals surface area contributed by atoms with Crippen LogP contribution in [0.1, 0.15) is 58.8 Å². The van der Waals surface area contributed by atoms with E-state index in [2.05, 4.69) is 15.6 Å². The SMILES string of the molecule is Cc1ccccc1NC(=O)c1nc(C(=O)NC2CCCCC2)n2ccccc12. The van der Waals surface area contributed by atoms with E-state index in [1.165, 1.54) is 6.42 Å². The van der Waals surface area contributed by atoms with Gasteiger partial charge in [-0.2, -0.15) is 0 Å². The molecule has 0 radical (unpaired) electrons. The zero-order chi connectivity index (χ0) is 19.5. The van der Waals surface area contributed by atoms with Crippen molar-refractivity contribution >= 4 is 23.0 Å². The number of benzene rings is 1. The summed E-state index contributed by atoms with van der Waals surface area (Å²) in [5, 5.41) is 5.99. The number of hydrogen-bond donors (Lipinski definition) is 2. The fourth-order valence-corrected chi connectivity index (χ4v) is 3.76. The minimum atomic E-state index is -0.324. The molecule has 2 amide bonds. The number of fused-ring (bicyclic) bond motifs is 1. The zero-order valence-corrected chi connectivity index (χ0v) is 15.9. The molecule has 1 saturated carbocycles. The van der Waals surface area contributed by atoms with Gasteiger partial charge in [-0.25, -0.2) is 4.98 Å². The highest BCUT2D eigenvalue weighted by molar-refractivity contribution is 6.09. The van der Waals surface area contributed by atoms with Crippen molar-refractivity contribution in [3.05, 3.63) is 65.7 Å². The van der Waals surface area contributed by atoms with Crippen molar-refractivity contribution in [2.24, 2.45) is 0 Å². The van der Waals surface area contributed by atoms with Gasteiger partial charge in [-0.3, -0.25) is 14.0 Å². The average Bonchev–Trinajstić information content (AvgIpc) is 3.10. The Hall–Kier alpha value is -3.15. The van der Waals surface area contributed by atoms with Crippen LogP contribution in [0.3, 0.4) is 0 Å². The number of anilines is 1. The van der Waals surface area contributed by atoms with E-state index in [0.717, 1.165) is 36.9 Å². The van der Waals surface area contributed by atoms with Crippen LogP contribution in [0.4, 0.5) is 5.69 Å². The molecule has 2 N–H and O–H groups in total. The topological polar surface area (TPSA) is 75.5 Å². The van der Waals surface area contributed by atoms with Crippen LogP contribution in [-0.2, 0) is 0 Å². The summed E-state index contributed by atoms with van der Waals surface area (Å²) in [5.41, 5.74) is 2.56. The first-order valence-corrected chi connectivity index (χ1v) is 9.78. The summed E-state index contributed by atoms with van der Waals surface area (Å²) in [7, 11) is 0. The smallest absolute Gasteiger partial charge is 0.287 e. The first-order chi connectivity index (χ1) is 13.6. The molecule has 0 atom stereocenters. The van der Waals surface area contributed by atoms with Gasteiger partial charge in [0.25, 0.3) is 11.8 Å². The minimum Gasteiger partial charge on any atom is -0.347 e. The van der Waals surface area contributed by atoms with Crippen LogP contribution in [0.5, 0.6) is 0 Å². The number of nitrogens with zero attached hydrogens (tertiary/aromatic N) is 2. The number of para-hydroxylation sites is 1. The number of hydrogen-bond acceptors (Lipinski definition) is 3. The highest BCUT2D eigenvalue weighted by Gasteiger charge is 2.24. The lowest BCUT2D eigenvalue weighted by molar-refractivity contribution is 0.0916. The summed E-state index contributed by atoms with van der Waals surface area (Å²) < 4.78 is 1.69. The number of pyridine rings is 1. The Bertz CT molecular complexity index is 1020. The summed E-state index contributed by atoms with van der Waals surface area (Å²) in [4.78, 5) is 30.2. The summed E-state index contributed by atoms with van der Waals surface area (Å²) in [5.74, 6) is -0.311. The second kappa shape index (κ2) is 7.84. The molecule has 0 aliphatic heterocycles. The molecule has 144 valence electrons. The first kappa shape index (κ1) is 18.2. The lowest BCUT2D eigenvalue weighted by Crippen LogP contribution is -2.37. The zero-order valence-electron chi connectivity index (χ0n) is 15.9. The molecule has 6 nitrogen and oxygen atoms in total. The fourth-order valence-electron chi connectivity index (χ4n) is 3.76. The van der Waals surface area contributed by atoms with E-state index >= 15 is 0 Å². The molecule has 0 saturated heterocycles. The molecule has 4 rings (SSSR count). The van der Waals surface area contributed by atoms with E-state index < -0.39 is 0 Å². The number of aryl methyl sites for hydroxylation is 1. The number of nitrogens with one attached hydrogen (secondary N) is 2. The predicted octanol–water partition coefficient (Wildman–Crippen LogP) is 3.96. The second-order valence-electron chi connectivity index (χ2n) is 7.32. The molecule has 2 aromatic heterocycles. The van der Waals surface area contributed by atoms with Crippen molar-refractivity contribution in [1.82, 2.24) is 14.7 Å². The molecule has 1 aliphatic carbocycles. The molecular formula is C22H24N4O2. The first-order valence-electron chi connectivity index (χ1n) is 9.78. The van der Waals surface area contributed by atoms with Crippen molar-refractivity contribution in [3.63, 3.8) is 0 Å². The molecule has 28 heavy (non-hydrogen) atoms. The van der Waals surface area contributed by atoms with Crippen LogP contribution in [0.15, 0.2) is 48.7 Å². The fraction of sp³-hybridized carbons (Fsp3) is 0.318. The Morgan fingerprint density at radius 2 is 1.75 bits per heavy atom. The summed E-state index contributed by atoms with van der Waals surface area (Å²) >= 11 is 0. The van der Waals surface area contributed by atoms with Gasteiger partial charge in [0.05, 0.1) is 5.52 Å². The van der Waals surface area contributed by atoms with Gasteiger partial charge in [0.1, 0.15) is 0 Å². The van der Waals surface area contributed by atoms with Gasteiger partial charge in [0.15, 0.2) is 5.69 Å². The Kier molecular flexibility index (Phi) is 5.10. The molecule has 6 heteroatoms. The molecule has 1 fully saturated rings. The van der Waals surface area contributed by atoms with Crippen molar-refractivity contribution in [2.45, 2.75) is 45.1 Å². The van der Waals surface area contributed by atoms with Crippen LogP contribution in [0, 0.1) is 6.92 Å². The van der Waals surface area contributed by atoms with Crippen molar-refractivity contribution in [2.75, 3.05) is 5.32 Å². The van der Waals surface area contributed by atoms with E-state index in [9.17, 15) is 9.59 Å².